The third-order valence-corrected chi connectivity index (χ3v) is 9.59. The summed E-state index contributed by atoms with van der Waals surface area (Å²) in [6, 6.07) is 8.87. The molecule has 2 heterocycles. The van der Waals surface area contributed by atoms with Crippen molar-refractivity contribution >= 4 is 43.0 Å². The molecule has 11 heteroatoms. The standard InChI is InChI=1S/C19H25N3O5S3/c1-15(23)20-14-17-8-11-19(28-17)29(24,25)21-16-6-9-18(10-7-16)30(26,27)22-12-4-2-3-5-13-22/h6-11,21H,2-5,12-14H2,1H3,(H,20,23). The molecule has 1 aliphatic rings. The first kappa shape index (κ1) is 22.7. The van der Waals surface area contributed by atoms with E-state index in [-0.39, 0.29) is 27.2 Å². The Balaban J connectivity index is 1.71. The lowest BCUT2D eigenvalue weighted by Crippen LogP contribution is -2.31. The highest BCUT2D eigenvalue weighted by atomic mass is 32.2. The molecule has 1 fully saturated rings. The van der Waals surface area contributed by atoms with Gasteiger partial charge in [-0.2, -0.15) is 4.31 Å². The number of rotatable bonds is 7. The molecule has 1 saturated heterocycles. The monoisotopic (exact) mass is 471 g/mol. The maximum Gasteiger partial charge on any atom is 0.271 e. The normalized spacial score (nSPS) is 16.0. The van der Waals surface area contributed by atoms with Crippen LogP contribution >= 0.6 is 11.3 Å². The van der Waals surface area contributed by atoms with Crippen molar-refractivity contribution in [2.45, 2.75) is 48.3 Å². The summed E-state index contributed by atoms with van der Waals surface area (Å²) in [6.45, 7) is 2.67. The van der Waals surface area contributed by atoms with Crippen LogP contribution < -0.4 is 10.0 Å². The fourth-order valence-electron chi connectivity index (χ4n) is 3.14. The van der Waals surface area contributed by atoms with E-state index in [9.17, 15) is 21.6 Å². The Morgan fingerprint density at radius 3 is 2.20 bits per heavy atom. The molecule has 1 aromatic heterocycles. The highest BCUT2D eigenvalue weighted by Crippen LogP contribution is 2.26. The number of hydrogen-bond acceptors (Lipinski definition) is 6. The minimum absolute atomic E-state index is 0.115. The molecule has 0 aliphatic carbocycles. The summed E-state index contributed by atoms with van der Waals surface area (Å²) in [5, 5.41) is 2.62. The van der Waals surface area contributed by atoms with Crippen molar-refractivity contribution in [2.24, 2.45) is 0 Å². The quantitative estimate of drug-likeness (QED) is 0.645. The van der Waals surface area contributed by atoms with Crippen LogP contribution in [-0.4, -0.2) is 40.1 Å². The number of amides is 1. The fourth-order valence-corrected chi connectivity index (χ4v) is 7.01. The zero-order valence-corrected chi connectivity index (χ0v) is 19.1. The van der Waals surface area contributed by atoms with Crippen molar-refractivity contribution in [3.63, 3.8) is 0 Å². The van der Waals surface area contributed by atoms with E-state index in [1.807, 2.05) is 0 Å². The lowest BCUT2D eigenvalue weighted by molar-refractivity contribution is -0.119. The van der Waals surface area contributed by atoms with Gasteiger partial charge in [0.1, 0.15) is 4.21 Å². The van der Waals surface area contributed by atoms with Gasteiger partial charge in [-0.15, -0.1) is 11.3 Å². The lowest BCUT2D eigenvalue weighted by atomic mass is 10.2. The molecule has 0 unspecified atom stereocenters. The van der Waals surface area contributed by atoms with Gasteiger partial charge < -0.3 is 5.32 Å². The first-order valence-corrected chi connectivity index (χ1v) is 13.4. The summed E-state index contributed by atoms with van der Waals surface area (Å²) in [4.78, 5) is 11.9. The second kappa shape index (κ2) is 9.46. The average molecular weight is 472 g/mol. The zero-order chi connectivity index (χ0) is 21.8. The second-order valence-electron chi connectivity index (χ2n) is 7.08. The SMILES string of the molecule is CC(=O)NCc1ccc(S(=O)(=O)Nc2ccc(S(=O)(=O)N3CCCCCC3)cc2)s1. The van der Waals surface area contributed by atoms with Crippen LogP contribution in [0.25, 0.3) is 0 Å². The summed E-state index contributed by atoms with van der Waals surface area (Å²) >= 11 is 1.06. The Hall–Kier alpha value is -1.95. The average Bonchev–Trinajstić information content (AvgIpc) is 3.01. The van der Waals surface area contributed by atoms with Crippen molar-refractivity contribution in [1.29, 1.82) is 0 Å². The minimum Gasteiger partial charge on any atom is -0.351 e. The van der Waals surface area contributed by atoms with Gasteiger partial charge in [0.2, 0.25) is 15.9 Å². The molecule has 0 spiro atoms. The van der Waals surface area contributed by atoms with Crippen LogP contribution in [0.3, 0.4) is 0 Å². The first-order chi connectivity index (χ1) is 14.2. The van der Waals surface area contributed by atoms with E-state index < -0.39 is 20.0 Å². The number of nitrogens with one attached hydrogen (secondary N) is 2. The Bertz CT molecular complexity index is 1080. The van der Waals surface area contributed by atoms with Crippen LogP contribution in [0, 0.1) is 0 Å². The molecule has 3 rings (SSSR count). The zero-order valence-electron chi connectivity index (χ0n) is 16.6. The van der Waals surface area contributed by atoms with Gasteiger partial charge in [-0.1, -0.05) is 12.8 Å². The van der Waals surface area contributed by atoms with Crippen LogP contribution in [0.2, 0.25) is 0 Å². The molecule has 0 bridgehead atoms. The number of sulfonamides is 2. The van der Waals surface area contributed by atoms with Gasteiger partial charge in [-0.05, 0) is 49.2 Å². The number of nitrogens with zero attached hydrogens (tertiary/aromatic N) is 1. The number of hydrogen-bond donors (Lipinski definition) is 2. The van der Waals surface area contributed by atoms with E-state index in [4.69, 9.17) is 0 Å². The van der Waals surface area contributed by atoms with Gasteiger partial charge in [0.05, 0.1) is 11.4 Å². The summed E-state index contributed by atoms with van der Waals surface area (Å²) in [6.07, 6.45) is 3.76. The largest absolute Gasteiger partial charge is 0.351 e. The predicted octanol–water partition coefficient (Wildman–Crippen LogP) is 2.75. The maximum absolute atomic E-state index is 12.8. The fraction of sp³-hybridized carbons (Fsp3) is 0.421. The molecule has 164 valence electrons. The van der Waals surface area contributed by atoms with Gasteiger partial charge in [-0.25, -0.2) is 16.8 Å². The summed E-state index contributed by atoms with van der Waals surface area (Å²) in [5.41, 5.74) is 0.279. The van der Waals surface area contributed by atoms with Crippen LogP contribution in [0.5, 0.6) is 0 Å². The van der Waals surface area contributed by atoms with E-state index in [0.717, 1.165) is 37.0 Å². The third-order valence-electron chi connectivity index (χ3n) is 4.72. The van der Waals surface area contributed by atoms with Crippen LogP contribution in [-0.2, 0) is 31.4 Å². The van der Waals surface area contributed by atoms with Gasteiger partial charge in [0.25, 0.3) is 10.0 Å². The van der Waals surface area contributed by atoms with E-state index in [2.05, 4.69) is 10.0 Å². The Morgan fingerprint density at radius 2 is 1.60 bits per heavy atom. The van der Waals surface area contributed by atoms with Crippen molar-refractivity contribution in [1.82, 2.24) is 9.62 Å². The van der Waals surface area contributed by atoms with Gasteiger partial charge in [0.15, 0.2) is 0 Å². The molecule has 1 amide bonds. The van der Waals surface area contributed by atoms with Crippen molar-refractivity contribution in [2.75, 3.05) is 17.8 Å². The van der Waals surface area contributed by atoms with Gasteiger partial charge in [-0.3, -0.25) is 9.52 Å². The van der Waals surface area contributed by atoms with Crippen molar-refractivity contribution in [3.05, 3.63) is 41.3 Å². The molecule has 2 N–H and O–H groups in total. The van der Waals surface area contributed by atoms with Crippen molar-refractivity contribution in [3.8, 4) is 0 Å². The summed E-state index contributed by atoms with van der Waals surface area (Å²) < 4.78 is 55.0. The van der Waals surface area contributed by atoms with E-state index in [1.54, 1.807) is 6.07 Å². The molecular formula is C19H25N3O5S3. The number of carbonyl (C=O) groups is 1. The summed E-state index contributed by atoms with van der Waals surface area (Å²) in [5.74, 6) is -0.193. The third kappa shape index (κ3) is 5.60. The lowest BCUT2D eigenvalue weighted by Gasteiger charge is -2.20. The van der Waals surface area contributed by atoms with Crippen LogP contribution in [0.4, 0.5) is 5.69 Å². The topological polar surface area (TPSA) is 113 Å². The summed E-state index contributed by atoms with van der Waals surface area (Å²) in [7, 11) is -7.39. The first-order valence-electron chi connectivity index (χ1n) is 9.65. The van der Waals surface area contributed by atoms with E-state index in [1.165, 1.54) is 41.6 Å². The molecule has 0 atom stereocenters. The number of carbonyl (C=O) groups excluding carboxylic acids is 1. The second-order valence-corrected chi connectivity index (χ2v) is 12.1. The maximum atomic E-state index is 12.8. The van der Waals surface area contributed by atoms with E-state index >= 15 is 0 Å². The van der Waals surface area contributed by atoms with Crippen LogP contribution in [0.15, 0.2) is 45.5 Å². The smallest absolute Gasteiger partial charge is 0.271 e. The van der Waals surface area contributed by atoms with Gasteiger partial charge in [0, 0.05) is 30.6 Å². The predicted molar refractivity (Wildman–Crippen MR) is 116 cm³/mol. The minimum atomic E-state index is -3.81. The molecule has 8 nitrogen and oxygen atoms in total. The number of anilines is 1. The molecule has 1 aromatic carbocycles. The van der Waals surface area contributed by atoms with Crippen LogP contribution in [0.1, 0.15) is 37.5 Å². The molecule has 0 saturated carbocycles. The highest BCUT2D eigenvalue weighted by molar-refractivity contribution is 7.94. The number of benzene rings is 1. The van der Waals surface area contributed by atoms with Gasteiger partial charge >= 0.3 is 0 Å². The molecule has 2 aromatic rings. The number of thiophene rings is 1. The van der Waals surface area contributed by atoms with E-state index in [0.29, 0.717) is 18.0 Å². The Morgan fingerprint density at radius 1 is 0.967 bits per heavy atom. The Labute approximate surface area is 181 Å². The van der Waals surface area contributed by atoms with Crippen molar-refractivity contribution < 1.29 is 21.6 Å². The molecule has 0 radical (unpaired) electrons. The highest BCUT2D eigenvalue weighted by Gasteiger charge is 2.25. The molecule has 30 heavy (non-hydrogen) atoms. The molecular weight excluding hydrogens is 446 g/mol. The molecule has 1 aliphatic heterocycles. The Kier molecular flexibility index (Phi) is 7.17.